The van der Waals surface area contributed by atoms with Crippen molar-refractivity contribution in [3.05, 3.63) is 24.1 Å². The van der Waals surface area contributed by atoms with Crippen LogP contribution in [0.4, 0.5) is 10.2 Å². The smallest absolute Gasteiger partial charge is 0.223 e. The van der Waals surface area contributed by atoms with Gasteiger partial charge in [0.15, 0.2) is 5.82 Å². The normalized spacial score (nSPS) is 21.1. The molecule has 0 unspecified atom stereocenters. The number of halogens is 1. The minimum Gasteiger partial charge on any atom is -0.478 e. The molecule has 9 heteroatoms. The first kappa shape index (κ1) is 16.6. The summed E-state index contributed by atoms with van der Waals surface area (Å²) < 4.78 is 24.2. The lowest BCUT2D eigenvalue weighted by Gasteiger charge is -2.22. The van der Waals surface area contributed by atoms with Crippen LogP contribution in [0.2, 0.25) is 0 Å². The van der Waals surface area contributed by atoms with E-state index in [1.54, 1.807) is 13.0 Å². The fraction of sp³-hybridized carbons (Fsp3) is 0.600. The molecule has 0 saturated carbocycles. The first-order valence-electron chi connectivity index (χ1n) is 8.00. The van der Waals surface area contributed by atoms with Crippen molar-refractivity contribution in [1.82, 2.24) is 25.0 Å². The van der Waals surface area contributed by atoms with Gasteiger partial charge in [-0.3, -0.25) is 4.90 Å². The van der Waals surface area contributed by atoms with Crippen LogP contribution in [0.25, 0.3) is 0 Å². The Morgan fingerprint density at radius 1 is 1.46 bits per heavy atom. The SMILES string of the molecule is CCOc1cc(NC[C@@H]2C[C@H](F)CN2Cc2noc(C)n2)ncn1. The van der Waals surface area contributed by atoms with Gasteiger partial charge in [-0.1, -0.05) is 5.16 Å². The molecule has 1 N–H and O–H groups in total. The number of rotatable bonds is 7. The number of ether oxygens (including phenoxy) is 1. The average Bonchev–Trinajstić information content (AvgIpc) is 3.12. The largest absolute Gasteiger partial charge is 0.478 e. The van der Waals surface area contributed by atoms with E-state index in [0.717, 1.165) is 0 Å². The van der Waals surface area contributed by atoms with E-state index in [1.165, 1.54) is 6.33 Å². The Kier molecular flexibility index (Phi) is 5.19. The van der Waals surface area contributed by atoms with Crippen LogP contribution in [0, 0.1) is 6.92 Å². The second kappa shape index (κ2) is 7.52. The number of hydrogen-bond acceptors (Lipinski definition) is 8. The third-order valence-corrected chi connectivity index (χ3v) is 3.84. The maximum Gasteiger partial charge on any atom is 0.223 e. The van der Waals surface area contributed by atoms with Gasteiger partial charge in [0, 0.05) is 32.1 Å². The minimum absolute atomic E-state index is 0.0318. The number of likely N-dealkylation sites (tertiary alicyclic amines) is 1. The quantitative estimate of drug-likeness (QED) is 0.815. The Bertz CT molecular complexity index is 667. The molecule has 24 heavy (non-hydrogen) atoms. The summed E-state index contributed by atoms with van der Waals surface area (Å²) in [5.41, 5.74) is 0. The van der Waals surface area contributed by atoms with Crippen molar-refractivity contribution >= 4 is 5.82 Å². The summed E-state index contributed by atoms with van der Waals surface area (Å²) in [7, 11) is 0. The highest BCUT2D eigenvalue weighted by molar-refractivity contribution is 5.37. The molecule has 3 heterocycles. The van der Waals surface area contributed by atoms with Crippen molar-refractivity contribution in [3.8, 4) is 5.88 Å². The molecule has 0 bridgehead atoms. The molecule has 0 amide bonds. The molecule has 0 aromatic carbocycles. The Morgan fingerprint density at radius 3 is 3.08 bits per heavy atom. The number of aryl methyl sites for hydroxylation is 1. The lowest BCUT2D eigenvalue weighted by atomic mass is 10.2. The van der Waals surface area contributed by atoms with Crippen LogP contribution >= 0.6 is 0 Å². The van der Waals surface area contributed by atoms with Gasteiger partial charge < -0.3 is 14.6 Å². The van der Waals surface area contributed by atoms with Crippen molar-refractivity contribution < 1.29 is 13.7 Å². The van der Waals surface area contributed by atoms with E-state index in [1.807, 2.05) is 11.8 Å². The van der Waals surface area contributed by atoms with Crippen molar-refractivity contribution in [2.24, 2.45) is 0 Å². The highest BCUT2D eigenvalue weighted by atomic mass is 19.1. The maximum absolute atomic E-state index is 13.8. The van der Waals surface area contributed by atoms with Gasteiger partial charge in [0.1, 0.15) is 18.3 Å². The van der Waals surface area contributed by atoms with E-state index in [9.17, 15) is 4.39 Å². The molecule has 130 valence electrons. The van der Waals surface area contributed by atoms with Gasteiger partial charge >= 0.3 is 0 Å². The molecular formula is C15H21FN6O2. The van der Waals surface area contributed by atoms with Crippen molar-refractivity contribution in [2.75, 3.05) is 25.0 Å². The van der Waals surface area contributed by atoms with Crippen LogP contribution in [0.15, 0.2) is 16.9 Å². The summed E-state index contributed by atoms with van der Waals surface area (Å²) >= 11 is 0. The van der Waals surface area contributed by atoms with E-state index in [2.05, 4.69) is 25.4 Å². The van der Waals surface area contributed by atoms with Crippen LogP contribution in [0.5, 0.6) is 5.88 Å². The van der Waals surface area contributed by atoms with E-state index in [-0.39, 0.29) is 6.04 Å². The molecule has 2 aromatic heterocycles. The first-order valence-corrected chi connectivity index (χ1v) is 8.00. The molecule has 3 rings (SSSR count). The average molecular weight is 336 g/mol. The second-order valence-electron chi connectivity index (χ2n) is 5.70. The van der Waals surface area contributed by atoms with Crippen molar-refractivity contribution in [2.45, 2.75) is 39.0 Å². The fourth-order valence-corrected chi connectivity index (χ4v) is 2.80. The number of aromatic nitrogens is 4. The summed E-state index contributed by atoms with van der Waals surface area (Å²) in [5, 5.41) is 7.10. The lowest BCUT2D eigenvalue weighted by molar-refractivity contribution is 0.232. The summed E-state index contributed by atoms with van der Waals surface area (Å²) in [4.78, 5) is 14.4. The number of nitrogens with one attached hydrogen (secondary N) is 1. The molecule has 0 aliphatic carbocycles. The van der Waals surface area contributed by atoms with Crippen LogP contribution in [-0.2, 0) is 6.54 Å². The molecule has 1 aliphatic rings. The maximum atomic E-state index is 13.8. The first-order chi connectivity index (χ1) is 11.6. The van der Waals surface area contributed by atoms with Gasteiger partial charge in [-0.2, -0.15) is 4.98 Å². The summed E-state index contributed by atoms with van der Waals surface area (Å²) in [5.74, 6) is 2.27. The highest BCUT2D eigenvalue weighted by Gasteiger charge is 2.32. The van der Waals surface area contributed by atoms with Gasteiger partial charge in [0.05, 0.1) is 13.2 Å². The minimum atomic E-state index is -0.853. The highest BCUT2D eigenvalue weighted by Crippen LogP contribution is 2.23. The van der Waals surface area contributed by atoms with Crippen molar-refractivity contribution in [3.63, 3.8) is 0 Å². The number of nitrogens with zero attached hydrogens (tertiary/aromatic N) is 5. The predicted octanol–water partition coefficient (Wildman–Crippen LogP) is 1.59. The van der Waals surface area contributed by atoms with Gasteiger partial charge in [-0.25, -0.2) is 14.4 Å². The zero-order chi connectivity index (χ0) is 16.9. The van der Waals surface area contributed by atoms with Crippen molar-refractivity contribution in [1.29, 1.82) is 0 Å². The third-order valence-electron chi connectivity index (χ3n) is 3.84. The van der Waals surface area contributed by atoms with Crippen LogP contribution in [0.3, 0.4) is 0 Å². The molecule has 0 spiro atoms. The van der Waals surface area contributed by atoms with Crippen LogP contribution in [-0.4, -0.2) is 56.9 Å². The molecule has 2 aromatic rings. The molecule has 1 fully saturated rings. The summed E-state index contributed by atoms with van der Waals surface area (Å²) in [6.07, 6.45) is 1.06. The second-order valence-corrected chi connectivity index (χ2v) is 5.70. The Balaban J connectivity index is 1.59. The van der Waals surface area contributed by atoms with E-state index >= 15 is 0 Å². The van der Waals surface area contributed by atoms with E-state index in [0.29, 0.717) is 56.1 Å². The van der Waals surface area contributed by atoms with E-state index < -0.39 is 6.17 Å². The molecule has 1 saturated heterocycles. The van der Waals surface area contributed by atoms with Crippen LogP contribution < -0.4 is 10.1 Å². The Labute approximate surface area is 139 Å². The monoisotopic (exact) mass is 336 g/mol. The van der Waals surface area contributed by atoms with Gasteiger partial charge in [-0.15, -0.1) is 0 Å². The predicted molar refractivity (Wildman–Crippen MR) is 84.4 cm³/mol. The fourth-order valence-electron chi connectivity index (χ4n) is 2.80. The molecule has 1 aliphatic heterocycles. The number of hydrogen-bond donors (Lipinski definition) is 1. The van der Waals surface area contributed by atoms with Crippen LogP contribution in [0.1, 0.15) is 25.1 Å². The van der Waals surface area contributed by atoms with Gasteiger partial charge in [-0.05, 0) is 13.3 Å². The Morgan fingerprint density at radius 2 is 2.33 bits per heavy atom. The summed E-state index contributed by atoms with van der Waals surface area (Å²) in [6.45, 7) is 5.58. The summed E-state index contributed by atoms with van der Waals surface area (Å²) in [6, 6.07) is 1.77. The molecular weight excluding hydrogens is 315 g/mol. The molecule has 0 radical (unpaired) electrons. The zero-order valence-corrected chi connectivity index (χ0v) is 13.8. The van der Waals surface area contributed by atoms with E-state index in [4.69, 9.17) is 9.26 Å². The van der Waals surface area contributed by atoms with Gasteiger partial charge in [0.25, 0.3) is 0 Å². The molecule has 2 atom stereocenters. The number of alkyl halides is 1. The lowest BCUT2D eigenvalue weighted by Crippen LogP contribution is -2.35. The Hall–Kier alpha value is -2.29. The van der Waals surface area contributed by atoms with Gasteiger partial charge in [0.2, 0.25) is 11.8 Å². The molecule has 8 nitrogen and oxygen atoms in total. The third kappa shape index (κ3) is 4.16. The standard InChI is InChI=1S/C15H21FN6O2/c1-3-23-15-5-13(18-9-19-15)17-6-12-4-11(16)7-22(12)8-14-20-10(2)24-21-14/h5,9,11-12H,3-4,6-8H2,1-2H3,(H,17,18,19)/t11-,12-/m0/s1. The topological polar surface area (TPSA) is 89.2 Å². The number of anilines is 1. The zero-order valence-electron chi connectivity index (χ0n) is 13.8.